The largest absolute Gasteiger partial charge is 0.368 e. The molecule has 2 aromatic rings. The van der Waals surface area contributed by atoms with Crippen LogP contribution in [0.4, 0.5) is 11.8 Å². The van der Waals surface area contributed by atoms with E-state index >= 15 is 0 Å². The third-order valence-corrected chi connectivity index (χ3v) is 5.53. The van der Waals surface area contributed by atoms with Gasteiger partial charge in [0.15, 0.2) is 0 Å². The summed E-state index contributed by atoms with van der Waals surface area (Å²) >= 11 is 0. The van der Waals surface area contributed by atoms with Crippen molar-refractivity contribution in [3.63, 3.8) is 0 Å². The molecule has 2 fully saturated rings. The standard InChI is InChI=1S/C18H28N8/c1-13-10-15(21-18(19)20-13)26-9-5-6-14(11-26)17-23-22-16(24(17)2)12-25-7-3-4-8-25/h10,14H,3-9,11-12H2,1-2H3,(H2,19,20,21). The van der Waals surface area contributed by atoms with Crippen LogP contribution >= 0.6 is 0 Å². The predicted molar refractivity (Wildman–Crippen MR) is 101 cm³/mol. The Hall–Kier alpha value is -2.22. The van der Waals surface area contributed by atoms with Crippen LogP contribution in [-0.4, -0.2) is 55.8 Å². The molecular weight excluding hydrogens is 328 g/mol. The van der Waals surface area contributed by atoms with Crippen LogP contribution in [0.2, 0.25) is 0 Å². The summed E-state index contributed by atoms with van der Waals surface area (Å²) in [7, 11) is 2.10. The molecule has 8 nitrogen and oxygen atoms in total. The minimum Gasteiger partial charge on any atom is -0.368 e. The number of piperidine rings is 1. The molecule has 1 unspecified atom stereocenters. The van der Waals surface area contributed by atoms with Gasteiger partial charge in [-0.05, 0) is 45.7 Å². The molecule has 0 saturated carbocycles. The van der Waals surface area contributed by atoms with E-state index in [1.807, 2.05) is 13.0 Å². The zero-order valence-corrected chi connectivity index (χ0v) is 15.7. The third kappa shape index (κ3) is 3.51. The smallest absolute Gasteiger partial charge is 0.222 e. The number of anilines is 2. The molecule has 2 aromatic heterocycles. The first-order valence-corrected chi connectivity index (χ1v) is 9.57. The third-order valence-electron chi connectivity index (χ3n) is 5.53. The van der Waals surface area contributed by atoms with Gasteiger partial charge in [-0.25, -0.2) is 4.98 Å². The van der Waals surface area contributed by atoms with E-state index < -0.39 is 0 Å². The van der Waals surface area contributed by atoms with Crippen molar-refractivity contribution in [1.29, 1.82) is 0 Å². The molecule has 140 valence electrons. The molecule has 0 amide bonds. The summed E-state index contributed by atoms with van der Waals surface area (Å²) in [6.45, 7) is 7.09. The van der Waals surface area contributed by atoms with Crippen LogP contribution in [0.5, 0.6) is 0 Å². The SMILES string of the molecule is Cc1cc(N2CCCC(c3nnc(CN4CCCC4)n3C)C2)nc(N)n1. The van der Waals surface area contributed by atoms with Crippen molar-refractivity contribution >= 4 is 11.8 Å². The number of hydrogen-bond donors (Lipinski definition) is 1. The predicted octanol–water partition coefficient (Wildman–Crippen LogP) is 1.48. The van der Waals surface area contributed by atoms with E-state index in [1.54, 1.807) is 0 Å². The molecule has 0 aromatic carbocycles. The van der Waals surface area contributed by atoms with Gasteiger partial charge in [0.05, 0.1) is 6.54 Å². The van der Waals surface area contributed by atoms with Crippen molar-refractivity contribution in [3.05, 3.63) is 23.4 Å². The summed E-state index contributed by atoms with van der Waals surface area (Å²) in [6.07, 6.45) is 4.83. The lowest BCUT2D eigenvalue weighted by Crippen LogP contribution is -2.36. The van der Waals surface area contributed by atoms with E-state index in [4.69, 9.17) is 5.73 Å². The van der Waals surface area contributed by atoms with Gasteiger partial charge in [-0.2, -0.15) is 4.98 Å². The molecule has 0 spiro atoms. The summed E-state index contributed by atoms with van der Waals surface area (Å²) in [5.41, 5.74) is 6.74. The van der Waals surface area contributed by atoms with Crippen LogP contribution in [-0.2, 0) is 13.6 Å². The molecule has 0 bridgehead atoms. The average molecular weight is 356 g/mol. The zero-order valence-electron chi connectivity index (χ0n) is 15.7. The van der Waals surface area contributed by atoms with Gasteiger partial charge in [0.25, 0.3) is 0 Å². The van der Waals surface area contributed by atoms with Crippen LogP contribution in [0, 0.1) is 6.92 Å². The minimum atomic E-state index is 0.341. The van der Waals surface area contributed by atoms with E-state index in [0.29, 0.717) is 11.9 Å². The number of aryl methyl sites for hydroxylation is 1. The summed E-state index contributed by atoms with van der Waals surface area (Å²) in [4.78, 5) is 13.4. The molecular formula is C18H28N8. The molecule has 4 heterocycles. The fourth-order valence-corrected chi connectivity index (χ4v) is 4.14. The van der Waals surface area contributed by atoms with Crippen molar-refractivity contribution in [2.45, 2.75) is 45.1 Å². The summed E-state index contributed by atoms with van der Waals surface area (Å²) < 4.78 is 2.20. The Morgan fingerprint density at radius 1 is 1.12 bits per heavy atom. The molecule has 4 rings (SSSR count). The van der Waals surface area contributed by atoms with Crippen molar-refractivity contribution in [2.24, 2.45) is 7.05 Å². The van der Waals surface area contributed by atoms with E-state index in [9.17, 15) is 0 Å². The molecule has 0 radical (unpaired) electrons. The Balaban J connectivity index is 1.50. The molecule has 0 aliphatic carbocycles. The van der Waals surface area contributed by atoms with Crippen LogP contribution in [0.25, 0.3) is 0 Å². The van der Waals surface area contributed by atoms with Crippen LogP contribution < -0.4 is 10.6 Å². The second-order valence-electron chi connectivity index (χ2n) is 7.53. The summed E-state index contributed by atoms with van der Waals surface area (Å²) in [5, 5.41) is 9.03. The quantitative estimate of drug-likeness (QED) is 0.887. The number of nitrogens with zero attached hydrogens (tertiary/aromatic N) is 7. The lowest BCUT2D eigenvalue weighted by Gasteiger charge is -2.33. The van der Waals surface area contributed by atoms with Gasteiger partial charge in [0.2, 0.25) is 5.95 Å². The van der Waals surface area contributed by atoms with Gasteiger partial charge in [-0.1, -0.05) is 0 Å². The fraction of sp³-hybridized carbons (Fsp3) is 0.667. The van der Waals surface area contributed by atoms with E-state index in [-0.39, 0.29) is 0 Å². The van der Waals surface area contributed by atoms with Gasteiger partial charge >= 0.3 is 0 Å². The molecule has 2 saturated heterocycles. The Labute approximate surface area is 154 Å². The normalized spacial score (nSPS) is 21.5. The van der Waals surface area contributed by atoms with Gasteiger partial charge in [0.1, 0.15) is 17.5 Å². The van der Waals surface area contributed by atoms with E-state index in [0.717, 1.165) is 55.6 Å². The Kier molecular flexibility index (Phi) is 4.76. The second kappa shape index (κ2) is 7.19. The Bertz CT molecular complexity index is 744. The first-order valence-electron chi connectivity index (χ1n) is 9.57. The summed E-state index contributed by atoms with van der Waals surface area (Å²) in [6, 6.07) is 2.01. The minimum absolute atomic E-state index is 0.341. The Morgan fingerprint density at radius 3 is 2.69 bits per heavy atom. The first-order chi connectivity index (χ1) is 12.6. The number of hydrogen-bond acceptors (Lipinski definition) is 7. The zero-order chi connectivity index (χ0) is 18.1. The van der Waals surface area contributed by atoms with Crippen LogP contribution in [0.1, 0.15) is 48.9 Å². The highest BCUT2D eigenvalue weighted by Crippen LogP contribution is 2.29. The van der Waals surface area contributed by atoms with Crippen molar-refractivity contribution in [3.8, 4) is 0 Å². The van der Waals surface area contributed by atoms with E-state index in [2.05, 4.69) is 41.6 Å². The highest BCUT2D eigenvalue weighted by atomic mass is 15.3. The van der Waals surface area contributed by atoms with Crippen LogP contribution in [0.15, 0.2) is 6.07 Å². The lowest BCUT2D eigenvalue weighted by atomic mass is 9.97. The van der Waals surface area contributed by atoms with Crippen molar-refractivity contribution in [2.75, 3.05) is 36.8 Å². The maximum atomic E-state index is 5.84. The van der Waals surface area contributed by atoms with Gasteiger partial charge in [-0.15, -0.1) is 10.2 Å². The first kappa shape index (κ1) is 17.2. The molecule has 2 aliphatic heterocycles. The monoisotopic (exact) mass is 356 g/mol. The topological polar surface area (TPSA) is 89.0 Å². The maximum absolute atomic E-state index is 5.84. The molecule has 2 aliphatic rings. The molecule has 26 heavy (non-hydrogen) atoms. The van der Waals surface area contributed by atoms with Crippen molar-refractivity contribution in [1.82, 2.24) is 29.6 Å². The maximum Gasteiger partial charge on any atom is 0.222 e. The van der Waals surface area contributed by atoms with E-state index in [1.165, 1.54) is 25.9 Å². The van der Waals surface area contributed by atoms with Crippen LogP contribution in [0.3, 0.4) is 0 Å². The number of rotatable bonds is 4. The number of nitrogens with two attached hydrogens (primary N) is 1. The highest BCUT2D eigenvalue weighted by molar-refractivity contribution is 5.44. The van der Waals surface area contributed by atoms with Gasteiger partial charge in [-0.3, -0.25) is 4.90 Å². The van der Waals surface area contributed by atoms with Gasteiger partial charge < -0.3 is 15.2 Å². The molecule has 8 heteroatoms. The highest BCUT2D eigenvalue weighted by Gasteiger charge is 2.27. The summed E-state index contributed by atoms with van der Waals surface area (Å²) in [5.74, 6) is 3.78. The fourth-order valence-electron chi connectivity index (χ4n) is 4.14. The second-order valence-corrected chi connectivity index (χ2v) is 7.53. The van der Waals surface area contributed by atoms with Gasteiger partial charge in [0, 0.05) is 37.8 Å². The van der Waals surface area contributed by atoms with Crippen molar-refractivity contribution < 1.29 is 0 Å². The number of likely N-dealkylation sites (tertiary alicyclic amines) is 1. The molecule has 2 N–H and O–H groups in total. The lowest BCUT2D eigenvalue weighted by molar-refractivity contribution is 0.317. The average Bonchev–Trinajstić information content (AvgIpc) is 3.25. The molecule has 1 atom stereocenters. The number of nitrogen functional groups attached to an aromatic ring is 1. The number of aromatic nitrogens is 5. The Morgan fingerprint density at radius 2 is 1.92 bits per heavy atom.